The van der Waals surface area contributed by atoms with Crippen molar-refractivity contribution >= 4 is 6.98 Å². The molecular weight excluding hydrogens is 233 g/mol. The molecule has 0 aliphatic rings. The van der Waals surface area contributed by atoms with Crippen LogP contribution in [0.5, 0.6) is 5.88 Å². The summed E-state index contributed by atoms with van der Waals surface area (Å²) >= 11 is 0. The predicted octanol–water partition coefficient (Wildman–Crippen LogP) is -0.516. The van der Waals surface area contributed by atoms with Crippen molar-refractivity contribution in [2.45, 2.75) is 12.7 Å². The molecule has 0 aromatic carbocycles. The third-order valence-electron chi connectivity index (χ3n) is 1.78. The molecule has 1 aromatic heterocycles. The first-order valence-corrected chi connectivity index (χ1v) is 4.22. The molecule has 78 valence electrons. The van der Waals surface area contributed by atoms with E-state index < -0.39 is 13.3 Å². The zero-order valence-electron chi connectivity index (χ0n) is 8.71. The first kappa shape index (κ1) is 15.4. The first-order chi connectivity index (χ1) is 6.53. The molecule has 0 atom stereocenters. The monoisotopic (exact) mass is 243 g/mol. The van der Waals surface area contributed by atoms with Crippen LogP contribution in [0.25, 0.3) is 0 Å². The number of aromatic nitrogens is 1. The maximum atomic E-state index is 12.0. The molecule has 0 bridgehead atoms. The van der Waals surface area contributed by atoms with E-state index in [0.29, 0.717) is 5.56 Å². The van der Waals surface area contributed by atoms with Crippen LogP contribution in [0.1, 0.15) is 5.56 Å². The second kappa shape index (κ2) is 6.90. The predicted molar refractivity (Wildman–Crippen MR) is 48.4 cm³/mol. The van der Waals surface area contributed by atoms with Gasteiger partial charge in [0.15, 0.2) is 0 Å². The summed E-state index contributed by atoms with van der Waals surface area (Å²) in [6, 6.07) is 3.19. The largest absolute Gasteiger partial charge is 1.00 e. The fourth-order valence-corrected chi connectivity index (χ4v) is 1.12. The van der Waals surface area contributed by atoms with Crippen LogP contribution in [0.15, 0.2) is 18.3 Å². The number of rotatable bonds is 4. The van der Waals surface area contributed by atoms with Gasteiger partial charge in [-0.3, -0.25) is 0 Å². The summed E-state index contributed by atoms with van der Waals surface area (Å²) in [4.78, 5) is 3.82. The molecule has 2 nitrogen and oxygen atoms in total. The van der Waals surface area contributed by atoms with Gasteiger partial charge < -0.3 is 17.7 Å². The summed E-state index contributed by atoms with van der Waals surface area (Å²) in [6.07, 6.45) is 0.629. The van der Waals surface area contributed by atoms with Crippen molar-refractivity contribution in [1.29, 1.82) is 0 Å². The minimum absolute atomic E-state index is 0. The Hall–Kier alpha value is 0.441. The normalized spacial score (nSPS) is 10.7. The molecule has 1 heterocycles. The number of hydrogen-bond donors (Lipinski definition) is 0. The molecule has 0 spiro atoms. The minimum Gasteiger partial charge on any atom is -0.481 e. The van der Waals surface area contributed by atoms with E-state index in [2.05, 4.69) is 4.98 Å². The summed E-state index contributed by atoms with van der Waals surface area (Å²) in [5.74, 6) is 0.271. The molecule has 15 heavy (non-hydrogen) atoms. The van der Waals surface area contributed by atoms with Crippen molar-refractivity contribution in [3.8, 4) is 5.88 Å². The zero-order valence-corrected chi connectivity index (χ0v) is 11.8. The van der Waals surface area contributed by atoms with E-state index in [1.54, 1.807) is 12.1 Å². The van der Waals surface area contributed by atoms with E-state index in [1.165, 1.54) is 13.3 Å². The van der Waals surface area contributed by atoms with Crippen LogP contribution in [-0.2, 0) is 6.42 Å². The van der Waals surface area contributed by atoms with Gasteiger partial charge in [0.25, 0.3) is 0 Å². The van der Waals surface area contributed by atoms with Gasteiger partial charge in [-0.1, -0.05) is 12.4 Å². The van der Waals surface area contributed by atoms with Crippen LogP contribution in [0.4, 0.5) is 12.9 Å². The molecule has 0 N–H and O–H groups in total. The van der Waals surface area contributed by atoms with Gasteiger partial charge in [-0.15, -0.1) is 0 Å². The van der Waals surface area contributed by atoms with Crippen LogP contribution >= 0.6 is 0 Å². The Balaban J connectivity index is 0.00000196. The van der Waals surface area contributed by atoms with Crippen LogP contribution in [0.2, 0.25) is 6.32 Å². The number of aryl methyl sites for hydroxylation is 1. The topological polar surface area (TPSA) is 22.1 Å². The van der Waals surface area contributed by atoms with Gasteiger partial charge in [-0.2, -0.15) is 0 Å². The SMILES string of the molecule is COc1ncccc1CC[B-](F)(F)F.[K+]. The third kappa shape index (κ3) is 5.91. The smallest absolute Gasteiger partial charge is 0.481 e. The van der Waals surface area contributed by atoms with Crippen LogP contribution < -0.4 is 56.1 Å². The van der Waals surface area contributed by atoms with Crippen LogP contribution in [-0.4, -0.2) is 19.1 Å². The zero-order chi connectivity index (χ0) is 10.6. The van der Waals surface area contributed by atoms with Crippen molar-refractivity contribution in [3.05, 3.63) is 23.9 Å². The molecule has 1 aromatic rings. The standard InChI is InChI=1S/C8H10BF3NO.K/c1-14-8-7(3-2-6-13-8)4-5-9(10,11)12;/h2-3,6H,4-5H2,1H3;/q-1;+1. The summed E-state index contributed by atoms with van der Waals surface area (Å²) in [5, 5.41) is 0. The van der Waals surface area contributed by atoms with Crippen LogP contribution in [0, 0.1) is 0 Å². The van der Waals surface area contributed by atoms with Gasteiger partial charge in [0.1, 0.15) is 0 Å². The van der Waals surface area contributed by atoms with Crippen LogP contribution in [0.3, 0.4) is 0 Å². The fourth-order valence-electron chi connectivity index (χ4n) is 1.12. The van der Waals surface area contributed by atoms with Gasteiger partial charge in [-0.05, 0) is 12.5 Å². The molecule has 1 rings (SSSR count). The number of hydrogen-bond acceptors (Lipinski definition) is 2. The van der Waals surface area contributed by atoms with E-state index in [9.17, 15) is 12.9 Å². The Morgan fingerprint density at radius 3 is 2.60 bits per heavy atom. The van der Waals surface area contributed by atoms with Crippen molar-refractivity contribution in [3.63, 3.8) is 0 Å². The Labute approximate surface area is 129 Å². The quantitative estimate of drug-likeness (QED) is 0.664. The number of pyridine rings is 1. The molecule has 0 aliphatic carbocycles. The third-order valence-corrected chi connectivity index (χ3v) is 1.78. The molecule has 0 radical (unpaired) electrons. The van der Waals surface area contributed by atoms with Crippen molar-refractivity contribution < 1.29 is 69.1 Å². The average molecular weight is 243 g/mol. The summed E-state index contributed by atoms with van der Waals surface area (Å²) in [5.41, 5.74) is 0.495. The van der Waals surface area contributed by atoms with Crippen molar-refractivity contribution in [2.75, 3.05) is 7.11 Å². The Kier molecular flexibility index (Phi) is 7.11. The molecule has 0 saturated carbocycles. The first-order valence-electron chi connectivity index (χ1n) is 4.22. The molecule has 7 heteroatoms. The van der Waals surface area contributed by atoms with Crippen molar-refractivity contribution in [1.82, 2.24) is 4.98 Å². The van der Waals surface area contributed by atoms with E-state index >= 15 is 0 Å². The van der Waals surface area contributed by atoms with Gasteiger partial charge in [0.2, 0.25) is 5.88 Å². The van der Waals surface area contributed by atoms with Gasteiger partial charge in [0.05, 0.1) is 7.11 Å². The van der Waals surface area contributed by atoms with E-state index in [4.69, 9.17) is 4.74 Å². The number of halogens is 3. The average Bonchev–Trinajstić information content (AvgIpc) is 2.14. The van der Waals surface area contributed by atoms with E-state index in [1.807, 2.05) is 0 Å². The van der Waals surface area contributed by atoms with E-state index in [0.717, 1.165) is 0 Å². The molecular formula is C8H10BF3KNO. The Morgan fingerprint density at radius 1 is 1.40 bits per heavy atom. The molecule has 0 saturated heterocycles. The number of ether oxygens (including phenoxy) is 1. The summed E-state index contributed by atoms with van der Waals surface area (Å²) in [6.45, 7) is -4.73. The second-order valence-corrected chi connectivity index (χ2v) is 2.92. The Morgan fingerprint density at radius 2 is 2.07 bits per heavy atom. The van der Waals surface area contributed by atoms with E-state index in [-0.39, 0.29) is 63.7 Å². The molecule has 0 aliphatic heterocycles. The summed E-state index contributed by atoms with van der Waals surface area (Å²) < 4.78 is 40.8. The molecule has 0 unspecified atom stereocenters. The fraction of sp³-hybridized carbons (Fsp3) is 0.375. The second-order valence-electron chi connectivity index (χ2n) is 2.92. The molecule has 0 fully saturated rings. The number of nitrogens with zero attached hydrogens (tertiary/aromatic N) is 1. The minimum atomic E-state index is -4.73. The van der Waals surface area contributed by atoms with Gasteiger partial charge >= 0.3 is 58.4 Å². The van der Waals surface area contributed by atoms with Gasteiger partial charge in [-0.25, -0.2) is 4.98 Å². The maximum Gasteiger partial charge on any atom is 1.00 e. The summed E-state index contributed by atoms with van der Waals surface area (Å²) in [7, 11) is 1.39. The maximum absolute atomic E-state index is 12.0. The van der Waals surface area contributed by atoms with Gasteiger partial charge in [0, 0.05) is 11.8 Å². The van der Waals surface area contributed by atoms with Crippen molar-refractivity contribution in [2.24, 2.45) is 0 Å². The Bertz CT molecular complexity index is 308. The molecule has 0 amide bonds. The number of methoxy groups -OCH3 is 1.